The molecule has 1 aromatic carbocycles. The fourth-order valence-electron chi connectivity index (χ4n) is 4.04. The predicted octanol–water partition coefficient (Wildman–Crippen LogP) is 6.24. The van der Waals surface area contributed by atoms with Crippen molar-refractivity contribution in [2.24, 2.45) is 0 Å². The maximum atomic E-state index is 10.8. The number of benzene rings is 1. The average molecular weight is 464 g/mol. The summed E-state index contributed by atoms with van der Waals surface area (Å²) in [5.74, 6) is 1.60. The molecule has 7 nitrogen and oxygen atoms in total. The summed E-state index contributed by atoms with van der Waals surface area (Å²) in [4.78, 5) is 4.51. The molecule has 1 fully saturated rings. The summed E-state index contributed by atoms with van der Waals surface area (Å²) >= 11 is 2.78. The van der Waals surface area contributed by atoms with Crippen LogP contribution in [0.25, 0.3) is 27.4 Å². The van der Waals surface area contributed by atoms with Gasteiger partial charge in [-0.2, -0.15) is 5.26 Å². The lowest BCUT2D eigenvalue weighted by Crippen LogP contribution is -2.15. The number of nitrogens with zero attached hydrogens (tertiary/aromatic N) is 5. The molecular weight excluding hydrogens is 442 g/mol. The molecule has 0 radical (unpaired) electrons. The second-order valence-corrected chi connectivity index (χ2v) is 9.63. The Kier molecular flexibility index (Phi) is 5.97. The van der Waals surface area contributed by atoms with Crippen molar-refractivity contribution in [1.82, 2.24) is 19.7 Å². The molecule has 0 saturated heterocycles. The van der Waals surface area contributed by atoms with E-state index < -0.39 is 0 Å². The van der Waals surface area contributed by atoms with Gasteiger partial charge in [0.1, 0.15) is 22.4 Å². The molecule has 1 aliphatic rings. The number of para-hydroxylation sites is 1. The smallest absolute Gasteiger partial charge is 0.200 e. The van der Waals surface area contributed by atoms with Crippen molar-refractivity contribution in [2.75, 3.05) is 5.75 Å². The van der Waals surface area contributed by atoms with Crippen LogP contribution < -0.4 is 0 Å². The molecule has 1 N–H and O–H groups in total. The van der Waals surface area contributed by atoms with Crippen molar-refractivity contribution in [3.05, 3.63) is 53.4 Å². The van der Waals surface area contributed by atoms with Crippen molar-refractivity contribution in [3.8, 4) is 17.7 Å². The second-order valence-electron chi connectivity index (χ2n) is 7.65. The van der Waals surface area contributed by atoms with E-state index in [9.17, 15) is 10.4 Å². The number of aromatic nitrogens is 4. The quantitative estimate of drug-likeness (QED) is 0.205. The van der Waals surface area contributed by atoms with Crippen LogP contribution in [0.4, 0.5) is 0 Å². The highest BCUT2D eigenvalue weighted by atomic mass is 32.2. The minimum absolute atomic E-state index is 0.00528. The maximum Gasteiger partial charge on any atom is 0.200 e. The number of fused-ring (bicyclic) bond motifs is 1. The Bertz CT molecular complexity index is 1260. The Morgan fingerprint density at radius 2 is 2.03 bits per heavy atom. The van der Waals surface area contributed by atoms with Gasteiger partial charge >= 0.3 is 0 Å². The van der Waals surface area contributed by atoms with Crippen LogP contribution in [-0.2, 0) is 0 Å². The number of aliphatic hydroxyl groups is 1. The van der Waals surface area contributed by atoms with Gasteiger partial charge in [-0.25, -0.2) is 4.98 Å². The van der Waals surface area contributed by atoms with E-state index in [0.29, 0.717) is 22.6 Å². The van der Waals surface area contributed by atoms with Gasteiger partial charge in [0.05, 0.1) is 22.2 Å². The SMILES string of the molecule is N#C/C(=C(/O)CSc1nnc(-c2ccco2)n1C1CCCCC1)c1nc2ccccc2s1. The number of aliphatic hydroxyl groups excluding tert-OH is 1. The van der Waals surface area contributed by atoms with E-state index >= 15 is 0 Å². The molecule has 4 aromatic rings. The Balaban J connectivity index is 1.44. The first-order valence-electron chi connectivity index (χ1n) is 10.5. The zero-order valence-electron chi connectivity index (χ0n) is 17.3. The third-order valence-corrected chi connectivity index (χ3v) is 7.60. The third-order valence-electron chi connectivity index (χ3n) is 5.59. The molecule has 5 rings (SSSR count). The largest absolute Gasteiger partial charge is 0.510 e. The van der Waals surface area contributed by atoms with Gasteiger partial charge in [-0.15, -0.1) is 21.5 Å². The van der Waals surface area contributed by atoms with Crippen molar-refractivity contribution in [1.29, 1.82) is 5.26 Å². The average Bonchev–Trinajstić information content (AvgIpc) is 3.57. The highest BCUT2D eigenvalue weighted by Gasteiger charge is 2.25. The lowest BCUT2D eigenvalue weighted by molar-refractivity contribution is 0.337. The highest BCUT2D eigenvalue weighted by molar-refractivity contribution is 7.99. The third kappa shape index (κ3) is 4.04. The summed E-state index contributed by atoms with van der Waals surface area (Å²) in [5.41, 5.74) is 1.02. The van der Waals surface area contributed by atoms with Gasteiger partial charge in [0.2, 0.25) is 5.82 Å². The number of rotatable bonds is 6. The van der Waals surface area contributed by atoms with Crippen LogP contribution in [0.5, 0.6) is 0 Å². The van der Waals surface area contributed by atoms with Crippen LogP contribution in [0.15, 0.2) is 58.0 Å². The van der Waals surface area contributed by atoms with Crippen molar-refractivity contribution in [2.45, 2.75) is 43.3 Å². The lowest BCUT2D eigenvalue weighted by atomic mass is 9.95. The van der Waals surface area contributed by atoms with E-state index in [1.165, 1.54) is 42.4 Å². The molecule has 32 heavy (non-hydrogen) atoms. The topological polar surface area (TPSA) is 101 Å². The summed E-state index contributed by atoms with van der Waals surface area (Å²) in [6.07, 6.45) is 7.35. The van der Waals surface area contributed by atoms with Crippen molar-refractivity contribution < 1.29 is 9.52 Å². The van der Waals surface area contributed by atoms with Crippen molar-refractivity contribution >= 4 is 38.9 Å². The highest BCUT2D eigenvalue weighted by Crippen LogP contribution is 2.36. The molecule has 162 valence electrons. The summed E-state index contributed by atoms with van der Waals surface area (Å²) in [5, 5.41) is 30.5. The minimum Gasteiger partial charge on any atom is -0.510 e. The summed E-state index contributed by atoms with van der Waals surface area (Å²) in [7, 11) is 0. The Hall–Kier alpha value is -3.09. The van der Waals surface area contributed by atoms with Gasteiger partial charge in [-0.3, -0.25) is 4.57 Å². The Morgan fingerprint density at radius 3 is 2.78 bits per heavy atom. The van der Waals surface area contributed by atoms with Gasteiger partial charge in [0, 0.05) is 6.04 Å². The standard InChI is InChI=1S/C23H21N5O2S2/c24-13-16(22-25-17-9-4-5-11-20(17)32-22)18(29)14-31-23-27-26-21(19-10-6-12-30-19)28(23)15-7-2-1-3-8-15/h4-6,9-12,15,29H,1-3,7-8,14H2/b18-16-. The molecule has 1 saturated carbocycles. The number of hydrogen-bond donors (Lipinski definition) is 1. The van der Waals surface area contributed by atoms with Crippen LogP contribution >= 0.6 is 23.1 Å². The minimum atomic E-state index is -0.00528. The van der Waals surface area contributed by atoms with Crippen molar-refractivity contribution in [3.63, 3.8) is 0 Å². The van der Waals surface area contributed by atoms with Crippen LogP contribution in [0.3, 0.4) is 0 Å². The molecule has 0 amide bonds. The van der Waals surface area contributed by atoms with Crippen LogP contribution in [0.2, 0.25) is 0 Å². The van der Waals surface area contributed by atoms with Gasteiger partial charge in [-0.1, -0.05) is 43.2 Å². The number of hydrogen-bond acceptors (Lipinski definition) is 8. The van der Waals surface area contributed by atoms with Crippen LogP contribution in [0.1, 0.15) is 43.2 Å². The molecule has 0 aliphatic heterocycles. The summed E-state index contributed by atoms with van der Waals surface area (Å²) in [6.45, 7) is 0. The monoisotopic (exact) mass is 463 g/mol. The molecule has 1 aliphatic carbocycles. The van der Waals surface area contributed by atoms with Crippen LogP contribution in [0, 0.1) is 11.3 Å². The number of allylic oxidation sites excluding steroid dienone is 1. The maximum absolute atomic E-state index is 10.8. The molecule has 0 unspecified atom stereocenters. The first kappa shape index (κ1) is 20.8. The van der Waals surface area contributed by atoms with E-state index in [-0.39, 0.29) is 17.1 Å². The molecular formula is C23H21N5O2S2. The van der Waals surface area contributed by atoms with E-state index in [1.807, 2.05) is 36.4 Å². The molecule has 0 spiro atoms. The molecule has 0 bridgehead atoms. The van der Waals surface area contributed by atoms with Gasteiger partial charge in [-0.05, 0) is 37.1 Å². The van der Waals surface area contributed by atoms with Gasteiger partial charge in [0.25, 0.3) is 0 Å². The molecule has 9 heteroatoms. The molecule has 3 heterocycles. The number of thiazole rings is 1. The van der Waals surface area contributed by atoms with E-state index in [1.54, 1.807) is 6.26 Å². The first-order valence-corrected chi connectivity index (χ1v) is 12.3. The molecule has 0 atom stereocenters. The normalized spacial score (nSPS) is 15.6. The number of thioether (sulfide) groups is 1. The summed E-state index contributed by atoms with van der Waals surface area (Å²) in [6, 6.07) is 13.9. The van der Waals surface area contributed by atoms with E-state index in [0.717, 1.165) is 28.2 Å². The fourth-order valence-corrected chi connectivity index (χ4v) is 5.90. The lowest BCUT2D eigenvalue weighted by Gasteiger charge is -2.25. The zero-order chi connectivity index (χ0) is 21.9. The Labute approximate surface area is 193 Å². The summed E-state index contributed by atoms with van der Waals surface area (Å²) < 4.78 is 8.71. The second kappa shape index (κ2) is 9.18. The first-order chi connectivity index (χ1) is 15.7. The van der Waals surface area contributed by atoms with Crippen LogP contribution in [-0.4, -0.2) is 30.6 Å². The van der Waals surface area contributed by atoms with E-state index in [2.05, 4.69) is 25.8 Å². The number of furan rings is 1. The van der Waals surface area contributed by atoms with Gasteiger partial charge < -0.3 is 9.52 Å². The zero-order valence-corrected chi connectivity index (χ0v) is 18.9. The van der Waals surface area contributed by atoms with E-state index in [4.69, 9.17) is 4.42 Å². The fraction of sp³-hybridized carbons (Fsp3) is 0.304. The number of nitriles is 1. The predicted molar refractivity (Wildman–Crippen MR) is 125 cm³/mol. The molecule has 3 aromatic heterocycles. The Morgan fingerprint density at radius 1 is 1.19 bits per heavy atom. The van der Waals surface area contributed by atoms with Gasteiger partial charge in [0.15, 0.2) is 10.9 Å².